The van der Waals surface area contributed by atoms with E-state index in [9.17, 15) is 9.90 Å². The number of ether oxygens (including phenoxy) is 3. The van der Waals surface area contributed by atoms with Crippen molar-refractivity contribution in [1.29, 1.82) is 0 Å². The Morgan fingerprint density at radius 2 is 2.20 bits per heavy atom. The summed E-state index contributed by atoms with van der Waals surface area (Å²) in [5.74, 6) is -1.13. The van der Waals surface area contributed by atoms with Crippen molar-refractivity contribution >= 4 is 5.97 Å². The Labute approximate surface area is 119 Å². The Bertz CT molecular complexity index is 376. The molecule has 0 amide bonds. The van der Waals surface area contributed by atoms with Crippen LogP contribution < -0.4 is 0 Å². The third-order valence-corrected chi connectivity index (χ3v) is 3.65. The van der Waals surface area contributed by atoms with Gasteiger partial charge in [-0.15, -0.1) is 0 Å². The summed E-state index contributed by atoms with van der Waals surface area (Å²) in [6.45, 7) is 5.70. The predicted molar refractivity (Wildman–Crippen MR) is 73.0 cm³/mol. The molecule has 1 N–H and O–H groups in total. The summed E-state index contributed by atoms with van der Waals surface area (Å²) in [7, 11) is 0. The van der Waals surface area contributed by atoms with Crippen molar-refractivity contribution < 1.29 is 24.1 Å². The van der Waals surface area contributed by atoms with Crippen LogP contribution in [0.25, 0.3) is 0 Å². The molecule has 20 heavy (non-hydrogen) atoms. The van der Waals surface area contributed by atoms with Gasteiger partial charge < -0.3 is 19.3 Å². The zero-order valence-electron chi connectivity index (χ0n) is 12.4. The number of carbonyl (C=O) groups excluding carboxylic acids is 1. The zero-order chi connectivity index (χ0) is 14.8. The van der Waals surface area contributed by atoms with Gasteiger partial charge >= 0.3 is 5.97 Å². The molecule has 1 fully saturated rings. The molecule has 4 atom stereocenters. The normalized spacial score (nSPS) is 34.0. The second kappa shape index (κ2) is 6.24. The Morgan fingerprint density at radius 3 is 2.85 bits per heavy atom. The number of hydrogen-bond donors (Lipinski definition) is 1. The maximum absolute atomic E-state index is 11.4. The van der Waals surface area contributed by atoms with Gasteiger partial charge in [-0.25, -0.2) is 4.79 Å². The highest BCUT2D eigenvalue weighted by Gasteiger charge is 2.49. The third-order valence-electron chi connectivity index (χ3n) is 3.65. The first-order chi connectivity index (χ1) is 9.43. The van der Waals surface area contributed by atoms with E-state index in [0.717, 1.165) is 12.8 Å². The minimum atomic E-state index is -0.768. The minimum absolute atomic E-state index is 0.364. The molecule has 0 saturated carbocycles. The van der Waals surface area contributed by atoms with Gasteiger partial charge in [-0.1, -0.05) is 25.8 Å². The molecule has 0 aliphatic carbocycles. The van der Waals surface area contributed by atoms with E-state index in [1.165, 1.54) is 6.08 Å². The number of carbonyl (C=O) groups is 1. The summed E-state index contributed by atoms with van der Waals surface area (Å²) in [5, 5.41) is 10.3. The minimum Gasteiger partial charge on any atom is -0.456 e. The fourth-order valence-electron chi connectivity index (χ4n) is 2.72. The van der Waals surface area contributed by atoms with Gasteiger partial charge in [0.2, 0.25) is 0 Å². The largest absolute Gasteiger partial charge is 0.456 e. The van der Waals surface area contributed by atoms with Gasteiger partial charge in [0, 0.05) is 12.5 Å². The molecule has 0 aromatic carbocycles. The van der Waals surface area contributed by atoms with Gasteiger partial charge in [0.25, 0.3) is 0 Å². The highest BCUT2D eigenvalue weighted by atomic mass is 16.8. The summed E-state index contributed by atoms with van der Waals surface area (Å²) in [4.78, 5) is 11.4. The Morgan fingerprint density at radius 1 is 1.45 bits per heavy atom. The number of cyclic esters (lactones) is 1. The lowest BCUT2D eigenvalue weighted by Gasteiger charge is -2.29. The number of hydrogen-bond acceptors (Lipinski definition) is 5. The van der Waals surface area contributed by atoms with Crippen molar-refractivity contribution in [3.05, 3.63) is 12.2 Å². The summed E-state index contributed by atoms with van der Waals surface area (Å²) < 4.78 is 17.0. The fraction of sp³-hybridized carbons (Fsp3) is 0.800. The van der Waals surface area contributed by atoms with Gasteiger partial charge in [-0.3, -0.25) is 0 Å². The fourth-order valence-corrected chi connectivity index (χ4v) is 2.72. The first-order valence-electron chi connectivity index (χ1n) is 7.34. The molecular weight excluding hydrogens is 260 g/mol. The third kappa shape index (κ3) is 3.59. The molecule has 5 nitrogen and oxygen atoms in total. The molecule has 0 bridgehead atoms. The number of aliphatic hydroxyl groups excluding tert-OH is 1. The van der Waals surface area contributed by atoms with Crippen molar-refractivity contribution in [2.75, 3.05) is 0 Å². The molecule has 0 radical (unpaired) electrons. The van der Waals surface area contributed by atoms with Crippen molar-refractivity contribution in [3.63, 3.8) is 0 Å². The Balaban J connectivity index is 2.07. The second-order valence-corrected chi connectivity index (χ2v) is 5.89. The van der Waals surface area contributed by atoms with Crippen LogP contribution in [0.15, 0.2) is 12.2 Å². The molecule has 2 rings (SSSR count). The SMILES string of the molecule is CCCC[C@@H](O)[C@H]1OC(C)(C)O[C@@H]1[C@H]1CC=CC(=O)O1. The number of esters is 1. The van der Waals surface area contributed by atoms with E-state index >= 15 is 0 Å². The molecule has 2 aliphatic rings. The lowest BCUT2D eigenvalue weighted by Crippen LogP contribution is -2.44. The average molecular weight is 284 g/mol. The van der Waals surface area contributed by atoms with E-state index in [4.69, 9.17) is 14.2 Å². The summed E-state index contributed by atoms with van der Waals surface area (Å²) >= 11 is 0. The lowest BCUT2D eigenvalue weighted by atomic mass is 9.97. The van der Waals surface area contributed by atoms with Gasteiger partial charge in [-0.2, -0.15) is 0 Å². The average Bonchev–Trinajstić information content (AvgIpc) is 2.72. The first kappa shape index (κ1) is 15.5. The molecule has 0 unspecified atom stereocenters. The Hall–Kier alpha value is -0.910. The van der Waals surface area contributed by atoms with Gasteiger partial charge in [0.15, 0.2) is 5.79 Å². The molecule has 114 valence electrons. The Kier molecular flexibility index (Phi) is 4.83. The number of unbranched alkanes of at least 4 members (excludes halogenated alkanes) is 1. The van der Waals surface area contributed by atoms with Crippen LogP contribution in [-0.4, -0.2) is 41.3 Å². The van der Waals surface area contributed by atoms with Crippen LogP contribution in [0, 0.1) is 0 Å². The van der Waals surface area contributed by atoms with Crippen molar-refractivity contribution in [3.8, 4) is 0 Å². The summed E-state index contributed by atoms with van der Waals surface area (Å²) in [6.07, 6.45) is 4.51. The topological polar surface area (TPSA) is 65.0 Å². The predicted octanol–water partition coefficient (Wildman–Crippen LogP) is 1.93. The summed E-state index contributed by atoms with van der Waals surface area (Å²) in [6, 6.07) is 0. The molecule has 0 aromatic rings. The van der Waals surface area contributed by atoms with E-state index in [-0.39, 0.29) is 5.97 Å². The van der Waals surface area contributed by atoms with E-state index in [1.54, 1.807) is 6.08 Å². The number of rotatable bonds is 5. The molecule has 0 aromatic heterocycles. The van der Waals surface area contributed by atoms with Crippen LogP contribution in [0.2, 0.25) is 0 Å². The summed E-state index contributed by atoms with van der Waals surface area (Å²) in [5.41, 5.74) is 0. The van der Waals surface area contributed by atoms with Gasteiger partial charge in [-0.05, 0) is 20.3 Å². The first-order valence-corrected chi connectivity index (χ1v) is 7.34. The van der Waals surface area contributed by atoms with Crippen LogP contribution in [0.1, 0.15) is 46.5 Å². The molecule has 2 aliphatic heterocycles. The van der Waals surface area contributed by atoms with Crippen LogP contribution in [0.4, 0.5) is 0 Å². The molecule has 0 spiro atoms. The van der Waals surface area contributed by atoms with Crippen molar-refractivity contribution in [2.45, 2.75) is 76.7 Å². The quantitative estimate of drug-likeness (QED) is 0.781. The highest BCUT2D eigenvalue weighted by Crippen LogP contribution is 2.35. The van der Waals surface area contributed by atoms with Crippen LogP contribution >= 0.6 is 0 Å². The van der Waals surface area contributed by atoms with Gasteiger partial charge in [0.1, 0.15) is 18.3 Å². The van der Waals surface area contributed by atoms with E-state index in [1.807, 2.05) is 13.8 Å². The molecule has 2 heterocycles. The lowest BCUT2D eigenvalue weighted by molar-refractivity contribution is -0.170. The standard InChI is InChI=1S/C15H24O5/c1-4-5-7-10(16)13-14(20-15(2,3)19-13)11-8-6-9-12(17)18-11/h6,9-11,13-14,16H,4-5,7-8H2,1-3H3/t10-,11-,13-,14-/m1/s1. The van der Waals surface area contributed by atoms with Crippen LogP contribution in [-0.2, 0) is 19.0 Å². The van der Waals surface area contributed by atoms with E-state index in [2.05, 4.69) is 6.92 Å². The van der Waals surface area contributed by atoms with Crippen LogP contribution in [0.3, 0.4) is 0 Å². The zero-order valence-corrected chi connectivity index (χ0v) is 12.4. The maximum Gasteiger partial charge on any atom is 0.330 e. The molecule has 1 saturated heterocycles. The molecular formula is C15H24O5. The highest BCUT2D eigenvalue weighted by molar-refractivity contribution is 5.82. The van der Waals surface area contributed by atoms with Crippen molar-refractivity contribution in [1.82, 2.24) is 0 Å². The van der Waals surface area contributed by atoms with E-state index in [0.29, 0.717) is 12.8 Å². The van der Waals surface area contributed by atoms with Crippen molar-refractivity contribution in [2.24, 2.45) is 0 Å². The molecule has 5 heteroatoms. The van der Waals surface area contributed by atoms with E-state index < -0.39 is 30.2 Å². The number of aliphatic hydroxyl groups is 1. The maximum atomic E-state index is 11.4. The van der Waals surface area contributed by atoms with Gasteiger partial charge in [0.05, 0.1) is 6.10 Å². The van der Waals surface area contributed by atoms with Crippen LogP contribution in [0.5, 0.6) is 0 Å². The monoisotopic (exact) mass is 284 g/mol. The smallest absolute Gasteiger partial charge is 0.330 e. The second-order valence-electron chi connectivity index (χ2n) is 5.89.